The van der Waals surface area contributed by atoms with Crippen molar-refractivity contribution in [2.24, 2.45) is 0 Å². The highest BCUT2D eigenvalue weighted by atomic mass is 79.9. The van der Waals surface area contributed by atoms with Crippen molar-refractivity contribution in [2.45, 2.75) is 0 Å². The molecule has 1 aromatic carbocycles. The normalized spacial score (nSPS) is 17.8. The molecule has 0 radical (unpaired) electrons. The lowest BCUT2D eigenvalue weighted by molar-refractivity contribution is -0.121. The highest BCUT2D eigenvalue weighted by Crippen LogP contribution is 2.32. The molecule has 21 heavy (non-hydrogen) atoms. The minimum atomic E-state index is -4.38. The molecule has 1 fully saturated rings. The Balaban J connectivity index is 2.15. The van der Waals surface area contributed by atoms with Crippen molar-refractivity contribution >= 4 is 66.3 Å². The van der Waals surface area contributed by atoms with Crippen LogP contribution >= 0.6 is 39.9 Å². The van der Waals surface area contributed by atoms with Crippen LogP contribution in [0.15, 0.2) is 33.6 Å². The Morgan fingerprint density at radius 2 is 1.95 bits per heavy atom. The van der Waals surface area contributed by atoms with E-state index < -0.39 is 15.9 Å². The van der Waals surface area contributed by atoms with E-state index in [-0.39, 0.29) is 16.8 Å². The molecule has 1 aliphatic rings. The van der Waals surface area contributed by atoms with Crippen molar-refractivity contribution in [3.05, 3.63) is 39.2 Å². The van der Waals surface area contributed by atoms with Gasteiger partial charge in [0, 0.05) is 11.0 Å². The van der Waals surface area contributed by atoms with Gasteiger partial charge in [-0.3, -0.25) is 9.69 Å². The Morgan fingerprint density at radius 1 is 1.33 bits per heavy atom. The lowest BCUT2D eigenvalue weighted by Crippen LogP contribution is -2.32. The molecule has 1 aliphatic heterocycles. The lowest BCUT2D eigenvalue weighted by atomic mass is 10.2. The molecule has 0 bridgehead atoms. The second kappa shape index (κ2) is 6.57. The van der Waals surface area contributed by atoms with Crippen molar-refractivity contribution in [3.8, 4) is 0 Å². The zero-order valence-electron chi connectivity index (χ0n) is 10.5. The number of thioether (sulfide) groups is 1. The summed E-state index contributed by atoms with van der Waals surface area (Å²) in [6.07, 6.45) is 1.68. The molecular weight excluding hydrogens is 398 g/mol. The summed E-state index contributed by atoms with van der Waals surface area (Å²) in [7, 11) is -4.38. The number of carbonyl (C=O) groups excluding carboxylic acids is 1. The molecule has 112 valence electrons. The minimum absolute atomic E-state index is 0.214. The van der Waals surface area contributed by atoms with Crippen molar-refractivity contribution in [2.75, 3.05) is 12.3 Å². The molecule has 5 nitrogen and oxygen atoms in total. The maximum atomic E-state index is 12.1. The number of amides is 1. The van der Waals surface area contributed by atoms with Gasteiger partial charge in [-0.05, 0) is 23.8 Å². The molecule has 0 aliphatic carbocycles. The van der Waals surface area contributed by atoms with E-state index >= 15 is 0 Å². The first-order valence-corrected chi connectivity index (χ1v) is 9.30. The summed E-state index contributed by atoms with van der Waals surface area (Å²) >= 11 is 9.45. The fourth-order valence-corrected chi connectivity index (χ4v) is 3.59. The topological polar surface area (TPSA) is 77.5 Å². The molecule has 1 amide bonds. The number of thiocarbonyl (C=S) groups is 1. The maximum absolute atomic E-state index is 12.1. The number of hydrogen-bond acceptors (Lipinski definition) is 6. The lowest BCUT2D eigenvalue weighted by Gasteiger charge is -2.15. The van der Waals surface area contributed by atoms with Crippen LogP contribution in [0.4, 0.5) is 0 Å². The highest BCUT2D eigenvalue weighted by molar-refractivity contribution is 9.10. The average Bonchev–Trinajstić information content (AvgIpc) is 2.64. The standard InChI is InChI=1S/C12H10BrNO4S3/c13-9-3-1-8(2-4-9)7-10-11(15)14(12(19)20-10)5-6-21(16,17)18/h1-4,7H,5-6H2,(H,16,17,18)/p-1/b10-7-. The van der Waals surface area contributed by atoms with E-state index in [0.29, 0.717) is 4.91 Å². The van der Waals surface area contributed by atoms with Gasteiger partial charge in [-0.2, -0.15) is 0 Å². The predicted octanol–water partition coefficient (Wildman–Crippen LogP) is 2.20. The molecule has 1 heterocycles. The second-order valence-corrected chi connectivity index (χ2v) is 8.26. The first kappa shape index (κ1) is 16.6. The van der Waals surface area contributed by atoms with E-state index in [4.69, 9.17) is 12.2 Å². The van der Waals surface area contributed by atoms with Gasteiger partial charge in [0.1, 0.15) is 4.32 Å². The van der Waals surface area contributed by atoms with E-state index in [1.165, 1.54) is 0 Å². The number of hydrogen-bond donors (Lipinski definition) is 0. The fraction of sp³-hybridized carbons (Fsp3) is 0.167. The predicted molar refractivity (Wildman–Crippen MR) is 88.6 cm³/mol. The van der Waals surface area contributed by atoms with Gasteiger partial charge in [0.15, 0.2) is 0 Å². The largest absolute Gasteiger partial charge is 0.748 e. The molecular formula is C12H9BrNO4S3-. The highest BCUT2D eigenvalue weighted by Gasteiger charge is 2.31. The molecule has 0 spiro atoms. The molecule has 1 saturated heterocycles. The summed E-state index contributed by atoms with van der Waals surface area (Å²) in [4.78, 5) is 13.7. The third kappa shape index (κ3) is 4.62. The zero-order valence-corrected chi connectivity index (χ0v) is 14.5. The molecule has 0 unspecified atom stereocenters. The summed E-state index contributed by atoms with van der Waals surface area (Å²) in [5.74, 6) is -1.03. The van der Waals surface area contributed by atoms with Crippen molar-refractivity contribution in [1.29, 1.82) is 0 Å². The van der Waals surface area contributed by atoms with Crippen LogP contribution in [0.25, 0.3) is 6.08 Å². The maximum Gasteiger partial charge on any atom is 0.266 e. The molecule has 0 N–H and O–H groups in total. The van der Waals surface area contributed by atoms with Crippen molar-refractivity contribution in [3.63, 3.8) is 0 Å². The van der Waals surface area contributed by atoms with Crippen LogP contribution in [0, 0.1) is 0 Å². The third-order valence-electron chi connectivity index (χ3n) is 2.61. The van der Waals surface area contributed by atoms with Crippen LogP contribution in [0.1, 0.15) is 5.56 Å². The van der Waals surface area contributed by atoms with Crippen LogP contribution in [-0.4, -0.2) is 40.4 Å². The van der Waals surface area contributed by atoms with Crippen LogP contribution in [0.5, 0.6) is 0 Å². The summed E-state index contributed by atoms with van der Waals surface area (Å²) in [6.45, 7) is -0.214. The smallest absolute Gasteiger partial charge is 0.266 e. The summed E-state index contributed by atoms with van der Waals surface area (Å²) in [5.41, 5.74) is 0.829. The van der Waals surface area contributed by atoms with Gasteiger partial charge < -0.3 is 4.55 Å². The average molecular weight is 407 g/mol. The van der Waals surface area contributed by atoms with E-state index in [2.05, 4.69) is 15.9 Å². The first-order valence-electron chi connectivity index (χ1n) is 5.71. The Bertz CT molecular complexity index is 713. The van der Waals surface area contributed by atoms with Gasteiger partial charge >= 0.3 is 0 Å². The van der Waals surface area contributed by atoms with Crippen LogP contribution < -0.4 is 0 Å². The van der Waals surface area contributed by atoms with E-state index in [1.54, 1.807) is 6.08 Å². The summed E-state index contributed by atoms with van der Waals surface area (Å²) < 4.78 is 33.1. The third-order valence-corrected chi connectivity index (χ3v) is 5.20. The molecule has 0 atom stereocenters. The SMILES string of the molecule is O=C1/C(=C/c2ccc(Br)cc2)SC(=S)N1CCS(=O)(=O)[O-]. The van der Waals surface area contributed by atoms with Gasteiger partial charge in [-0.25, -0.2) is 8.42 Å². The van der Waals surface area contributed by atoms with Crippen LogP contribution in [0.3, 0.4) is 0 Å². The van der Waals surface area contributed by atoms with Gasteiger partial charge in [-0.15, -0.1) is 0 Å². The van der Waals surface area contributed by atoms with E-state index in [0.717, 1.165) is 26.7 Å². The summed E-state index contributed by atoms with van der Waals surface area (Å²) in [5, 5.41) is 0. The van der Waals surface area contributed by atoms with E-state index in [1.807, 2.05) is 24.3 Å². The Kier molecular flexibility index (Phi) is 5.20. The second-order valence-electron chi connectivity index (χ2n) is 4.15. The van der Waals surface area contributed by atoms with Gasteiger partial charge in [-0.1, -0.05) is 52.0 Å². The molecule has 2 rings (SSSR count). The molecule has 9 heteroatoms. The number of benzene rings is 1. The summed E-state index contributed by atoms with van der Waals surface area (Å²) in [6, 6.07) is 7.35. The number of nitrogens with zero attached hydrogens (tertiary/aromatic N) is 1. The fourth-order valence-electron chi connectivity index (χ4n) is 1.61. The quantitative estimate of drug-likeness (QED) is 0.433. The molecule has 0 aromatic heterocycles. The Morgan fingerprint density at radius 3 is 2.52 bits per heavy atom. The van der Waals surface area contributed by atoms with Crippen LogP contribution in [0.2, 0.25) is 0 Å². The molecule has 0 saturated carbocycles. The van der Waals surface area contributed by atoms with E-state index in [9.17, 15) is 17.8 Å². The van der Waals surface area contributed by atoms with Gasteiger partial charge in [0.2, 0.25) is 0 Å². The monoisotopic (exact) mass is 406 g/mol. The minimum Gasteiger partial charge on any atom is -0.748 e. The molecule has 1 aromatic rings. The van der Waals surface area contributed by atoms with Crippen LogP contribution in [-0.2, 0) is 14.9 Å². The number of rotatable bonds is 4. The zero-order chi connectivity index (χ0) is 15.6. The van der Waals surface area contributed by atoms with Crippen molar-refractivity contribution < 1.29 is 17.8 Å². The number of halogens is 1. The Hall–Kier alpha value is -0.740. The first-order chi connectivity index (χ1) is 9.76. The van der Waals surface area contributed by atoms with Gasteiger partial charge in [0.05, 0.1) is 20.8 Å². The number of carbonyl (C=O) groups is 1. The van der Waals surface area contributed by atoms with Gasteiger partial charge in [0.25, 0.3) is 5.91 Å². The van der Waals surface area contributed by atoms with Crippen molar-refractivity contribution in [1.82, 2.24) is 4.90 Å². The Labute approximate surface area is 140 Å².